The minimum absolute atomic E-state index is 0.0725. The molecule has 1 heterocycles. The van der Waals surface area contributed by atoms with Crippen molar-refractivity contribution in [2.75, 3.05) is 4.90 Å². The maximum absolute atomic E-state index is 12.9. The Hall–Kier alpha value is -0.820. The van der Waals surface area contributed by atoms with Gasteiger partial charge in [-0.25, -0.2) is 0 Å². The summed E-state index contributed by atoms with van der Waals surface area (Å²) >= 11 is 8.13. The van der Waals surface area contributed by atoms with Crippen LogP contribution in [0.3, 0.4) is 0 Å². The molecule has 2 rings (SSSR count). The van der Waals surface area contributed by atoms with Gasteiger partial charge in [-0.3, -0.25) is 14.5 Å². The van der Waals surface area contributed by atoms with Gasteiger partial charge in [0.2, 0.25) is 5.91 Å². The molecular formula is C15H18ClIN2O2. The predicted octanol–water partition coefficient (Wildman–Crippen LogP) is 3.35. The van der Waals surface area contributed by atoms with Gasteiger partial charge in [0, 0.05) is 8.59 Å². The van der Waals surface area contributed by atoms with E-state index in [1.54, 1.807) is 30.0 Å². The molecular weight excluding hydrogens is 403 g/mol. The van der Waals surface area contributed by atoms with Crippen LogP contribution in [0.1, 0.15) is 33.6 Å². The Bertz CT molecular complexity index is 593. The number of amides is 2. The first-order valence-electron chi connectivity index (χ1n) is 6.94. The fourth-order valence-electron chi connectivity index (χ4n) is 2.49. The number of piperazine rings is 1. The van der Waals surface area contributed by atoms with E-state index in [9.17, 15) is 9.59 Å². The number of hydrogen-bond donors (Lipinski definition) is 1. The fourth-order valence-corrected chi connectivity index (χ4v) is 3.63. The number of hydrogen-bond acceptors (Lipinski definition) is 2. The molecule has 0 radical (unpaired) electrons. The van der Waals surface area contributed by atoms with Gasteiger partial charge in [0.05, 0.1) is 5.69 Å². The van der Waals surface area contributed by atoms with Crippen molar-refractivity contribution in [1.29, 1.82) is 0 Å². The average Bonchev–Trinajstić information content (AvgIpc) is 2.43. The maximum atomic E-state index is 12.9. The highest BCUT2D eigenvalue weighted by atomic mass is 127. The van der Waals surface area contributed by atoms with E-state index >= 15 is 0 Å². The zero-order chi connectivity index (χ0) is 15.8. The normalized spacial score (nSPS) is 26.0. The van der Waals surface area contributed by atoms with Crippen LogP contribution in [-0.4, -0.2) is 23.4 Å². The molecule has 0 aliphatic carbocycles. The van der Waals surface area contributed by atoms with Crippen LogP contribution in [-0.2, 0) is 9.59 Å². The lowest BCUT2D eigenvalue weighted by molar-refractivity contribution is -0.138. The molecule has 0 aromatic heterocycles. The summed E-state index contributed by atoms with van der Waals surface area (Å²) in [5.41, 5.74) is -0.114. The predicted molar refractivity (Wildman–Crippen MR) is 92.6 cm³/mol. The summed E-state index contributed by atoms with van der Waals surface area (Å²) < 4.78 is 0.861. The van der Waals surface area contributed by atoms with Crippen molar-refractivity contribution >= 4 is 51.7 Å². The molecule has 2 unspecified atom stereocenters. The van der Waals surface area contributed by atoms with Crippen LogP contribution in [0.2, 0.25) is 5.02 Å². The van der Waals surface area contributed by atoms with Gasteiger partial charge in [0.15, 0.2) is 0 Å². The SMILES string of the molecule is CCC1C(=O)NC(C)(CC)C(=O)N1c1ccc(Cl)cc1I. The van der Waals surface area contributed by atoms with Crippen molar-refractivity contribution in [1.82, 2.24) is 5.32 Å². The summed E-state index contributed by atoms with van der Waals surface area (Å²) in [5, 5.41) is 3.48. The van der Waals surface area contributed by atoms with Gasteiger partial charge in [-0.15, -0.1) is 0 Å². The number of anilines is 1. The van der Waals surface area contributed by atoms with Crippen LogP contribution in [0.15, 0.2) is 18.2 Å². The largest absolute Gasteiger partial charge is 0.340 e. The highest BCUT2D eigenvalue weighted by molar-refractivity contribution is 14.1. The lowest BCUT2D eigenvalue weighted by Gasteiger charge is -2.44. The Balaban J connectivity index is 2.54. The van der Waals surface area contributed by atoms with E-state index in [-0.39, 0.29) is 11.8 Å². The Morgan fingerprint density at radius 3 is 2.57 bits per heavy atom. The molecule has 114 valence electrons. The quantitative estimate of drug-likeness (QED) is 0.763. The maximum Gasteiger partial charge on any atom is 0.253 e. The lowest BCUT2D eigenvalue weighted by Crippen LogP contribution is -2.69. The molecule has 0 saturated carbocycles. The first kappa shape index (κ1) is 16.5. The van der Waals surface area contributed by atoms with Crippen LogP contribution in [0, 0.1) is 3.57 Å². The second kappa shape index (κ2) is 6.12. The number of nitrogens with zero attached hydrogens (tertiary/aromatic N) is 1. The number of rotatable bonds is 3. The van der Waals surface area contributed by atoms with Crippen LogP contribution in [0.5, 0.6) is 0 Å². The number of carbonyl (C=O) groups is 2. The van der Waals surface area contributed by atoms with Crippen molar-refractivity contribution in [2.45, 2.75) is 45.2 Å². The van der Waals surface area contributed by atoms with Gasteiger partial charge in [-0.1, -0.05) is 25.4 Å². The molecule has 0 bridgehead atoms. The zero-order valence-corrected chi connectivity index (χ0v) is 15.2. The Morgan fingerprint density at radius 2 is 2.05 bits per heavy atom. The first-order chi connectivity index (χ1) is 9.84. The summed E-state index contributed by atoms with van der Waals surface area (Å²) in [4.78, 5) is 26.9. The van der Waals surface area contributed by atoms with E-state index in [4.69, 9.17) is 11.6 Å². The highest BCUT2D eigenvalue weighted by Gasteiger charge is 2.47. The van der Waals surface area contributed by atoms with Crippen LogP contribution >= 0.6 is 34.2 Å². The molecule has 1 fully saturated rings. The lowest BCUT2D eigenvalue weighted by atomic mass is 9.90. The molecule has 2 atom stereocenters. The topological polar surface area (TPSA) is 49.4 Å². The molecule has 0 spiro atoms. The number of nitrogens with one attached hydrogen (secondary N) is 1. The highest BCUT2D eigenvalue weighted by Crippen LogP contribution is 2.33. The fraction of sp³-hybridized carbons (Fsp3) is 0.467. The molecule has 4 nitrogen and oxygen atoms in total. The van der Waals surface area contributed by atoms with E-state index < -0.39 is 11.6 Å². The van der Waals surface area contributed by atoms with E-state index in [1.165, 1.54) is 0 Å². The number of carbonyl (C=O) groups excluding carboxylic acids is 2. The number of benzene rings is 1. The Morgan fingerprint density at radius 1 is 1.38 bits per heavy atom. The van der Waals surface area contributed by atoms with Crippen molar-refractivity contribution in [2.24, 2.45) is 0 Å². The van der Waals surface area contributed by atoms with Crippen molar-refractivity contribution in [3.63, 3.8) is 0 Å². The molecule has 1 aromatic rings. The van der Waals surface area contributed by atoms with Gasteiger partial charge >= 0.3 is 0 Å². The third-order valence-electron chi connectivity index (χ3n) is 3.97. The molecule has 21 heavy (non-hydrogen) atoms. The second-order valence-corrected chi connectivity index (χ2v) is 6.97. The van der Waals surface area contributed by atoms with E-state index in [0.717, 1.165) is 9.26 Å². The van der Waals surface area contributed by atoms with Gasteiger partial charge < -0.3 is 5.32 Å². The minimum Gasteiger partial charge on any atom is -0.340 e. The van der Waals surface area contributed by atoms with Gasteiger partial charge in [0.25, 0.3) is 5.91 Å². The van der Waals surface area contributed by atoms with Crippen LogP contribution in [0.25, 0.3) is 0 Å². The Labute approximate surface area is 143 Å². The van der Waals surface area contributed by atoms with Crippen molar-refractivity contribution < 1.29 is 9.59 Å². The summed E-state index contributed by atoms with van der Waals surface area (Å²) in [6.45, 7) is 5.58. The Kier molecular flexibility index (Phi) is 4.82. The zero-order valence-electron chi connectivity index (χ0n) is 12.2. The summed E-state index contributed by atoms with van der Waals surface area (Å²) in [6, 6.07) is 4.87. The molecule has 1 N–H and O–H groups in total. The average molecular weight is 421 g/mol. The monoisotopic (exact) mass is 420 g/mol. The summed E-state index contributed by atoms with van der Waals surface area (Å²) in [5.74, 6) is -0.177. The smallest absolute Gasteiger partial charge is 0.253 e. The standard InChI is InChI=1S/C15H18ClIN2O2/c1-4-11-13(20)18-15(3,5-2)14(21)19(11)12-7-6-9(16)8-10(12)17/h6-8,11H,4-5H2,1-3H3,(H,18,20). The third kappa shape index (κ3) is 2.90. The summed E-state index contributed by atoms with van der Waals surface area (Å²) in [7, 11) is 0. The summed E-state index contributed by atoms with van der Waals surface area (Å²) in [6.07, 6.45) is 1.12. The van der Waals surface area contributed by atoms with Crippen molar-refractivity contribution in [3.8, 4) is 0 Å². The molecule has 1 aliphatic heterocycles. The second-order valence-electron chi connectivity index (χ2n) is 5.37. The minimum atomic E-state index is -0.856. The molecule has 6 heteroatoms. The third-order valence-corrected chi connectivity index (χ3v) is 5.07. The number of halogens is 2. The van der Waals surface area contributed by atoms with Gasteiger partial charge in [-0.2, -0.15) is 0 Å². The van der Waals surface area contributed by atoms with E-state index in [0.29, 0.717) is 17.9 Å². The van der Waals surface area contributed by atoms with E-state index in [2.05, 4.69) is 27.9 Å². The molecule has 1 aliphatic rings. The molecule has 2 amide bonds. The molecule has 1 saturated heterocycles. The van der Waals surface area contributed by atoms with E-state index in [1.807, 2.05) is 13.8 Å². The van der Waals surface area contributed by atoms with Crippen molar-refractivity contribution in [3.05, 3.63) is 26.8 Å². The van der Waals surface area contributed by atoms with Gasteiger partial charge in [-0.05, 0) is 60.6 Å². The first-order valence-corrected chi connectivity index (χ1v) is 8.40. The van der Waals surface area contributed by atoms with Gasteiger partial charge in [0.1, 0.15) is 11.6 Å². The molecule has 1 aromatic carbocycles. The van der Waals surface area contributed by atoms with Crippen LogP contribution < -0.4 is 10.2 Å². The van der Waals surface area contributed by atoms with Crippen LogP contribution in [0.4, 0.5) is 5.69 Å².